The first kappa shape index (κ1) is 27.5. The summed E-state index contributed by atoms with van der Waals surface area (Å²) in [6.45, 7) is 3.55. The monoisotopic (exact) mass is 492 g/mol. The van der Waals surface area contributed by atoms with Crippen LogP contribution in [0.3, 0.4) is 0 Å². The molecule has 194 valence electrons. The van der Waals surface area contributed by atoms with Crippen LogP contribution in [0.4, 0.5) is 17.6 Å². The molecule has 35 heavy (non-hydrogen) atoms. The molecule has 0 saturated heterocycles. The van der Waals surface area contributed by atoms with Crippen LogP contribution in [0, 0.1) is 17.6 Å². The summed E-state index contributed by atoms with van der Waals surface area (Å²) in [6.07, 6.45) is 12.4. The maximum atomic E-state index is 14.7. The summed E-state index contributed by atoms with van der Waals surface area (Å²) in [4.78, 5) is 0. The molecule has 0 N–H and O–H groups in total. The summed E-state index contributed by atoms with van der Waals surface area (Å²) in [5.41, 5.74) is 1.30. The minimum Gasteiger partial charge on any atom is -0.490 e. The van der Waals surface area contributed by atoms with E-state index in [1.165, 1.54) is 75.6 Å². The van der Waals surface area contributed by atoms with Crippen LogP contribution in [-0.2, 0) is 12.3 Å². The molecule has 0 spiro atoms. The Hall–Kier alpha value is -2.04. The van der Waals surface area contributed by atoms with Crippen molar-refractivity contribution >= 4 is 0 Å². The van der Waals surface area contributed by atoms with Crippen LogP contribution in [0.5, 0.6) is 5.75 Å². The van der Waals surface area contributed by atoms with Gasteiger partial charge in [0.1, 0.15) is 0 Å². The van der Waals surface area contributed by atoms with Gasteiger partial charge in [-0.15, -0.1) is 0 Å². The summed E-state index contributed by atoms with van der Waals surface area (Å²) < 4.78 is 62.6. The van der Waals surface area contributed by atoms with Crippen molar-refractivity contribution in [2.45, 2.75) is 103 Å². The zero-order valence-electron chi connectivity index (χ0n) is 21.2. The van der Waals surface area contributed by atoms with E-state index in [1.807, 2.05) is 12.1 Å². The standard InChI is InChI=1S/C30H40F4O/c1-3-5-6-7-8-9-22-10-12-24(13-11-22)25-14-17-26(18-15-25)30(33,34)20-21-35-27-19-16-23(4-2)28(31)29(27)32/h14-19,22,24H,3-13,20-21H2,1-2H3. The number of unbranched alkanes of at least 4 members (excludes halogenated alkanes) is 4. The van der Waals surface area contributed by atoms with Crippen LogP contribution in [0.25, 0.3) is 0 Å². The van der Waals surface area contributed by atoms with Gasteiger partial charge in [-0.25, -0.2) is 13.2 Å². The van der Waals surface area contributed by atoms with Gasteiger partial charge in [-0.3, -0.25) is 0 Å². The molecule has 1 nitrogen and oxygen atoms in total. The molecule has 1 saturated carbocycles. The average Bonchev–Trinajstić information content (AvgIpc) is 2.87. The minimum absolute atomic E-state index is 0.0707. The van der Waals surface area contributed by atoms with Crippen LogP contribution >= 0.6 is 0 Å². The van der Waals surface area contributed by atoms with Gasteiger partial charge < -0.3 is 4.74 Å². The summed E-state index contributed by atoms with van der Waals surface area (Å²) >= 11 is 0. The highest BCUT2D eigenvalue weighted by atomic mass is 19.3. The molecule has 1 fully saturated rings. The second-order valence-electron chi connectivity index (χ2n) is 10.0. The Balaban J connectivity index is 1.46. The van der Waals surface area contributed by atoms with Crippen molar-refractivity contribution in [2.75, 3.05) is 6.61 Å². The molecule has 0 bridgehead atoms. The highest BCUT2D eigenvalue weighted by Crippen LogP contribution is 2.39. The first-order chi connectivity index (χ1) is 16.9. The number of hydrogen-bond donors (Lipinski definition) is 0. The normalized spacial score (nSPS) is 18.6. The Bertz CT molecular complexity index is 901. The largest absolute Gasteiger partial charge is 0.490 e. The lowest BCUT2D eigenvalue weighted by molar-refractivity contribution is -0.0246. The highest BCUT2D eigenvalue weighted by molar-refractivity contribution is 5.31. The smallest absolute Gasteiger partial charge is 0.276 e. The fraction of sp³-hybridized carbons (Fsp3) is 0.600. The lowest BCUT2D eigenvalue weighted by Gasteiger charge is -2.29. The molecule has 0 unspecified atom stereocenters. The van der Waals surface area contributed by atoms with Gasteiger partial charge in [0.25, 0.3) is 5.92 Å². The number of ether oxygens (including phenoxy) is 1. The van der Waals surface area contributed by atoms with Gasteiger partial charge in [0.2, 0.25) is 5.82 Å². The molecule has 0 aromatic heterocycles. The van der Waals surface area contributed by atoms with Crippen molar-refractivity contribution in [1.82, 2.24) is 0 Å². The van der Waals surface area contributed by atoms with Gasteiger partial charge in [0.15, 0.2) is 11.6 Å². The molecule has 1 aliphatic carbocycles. The summed E-state index contributed by atoms with van der Waals surface area (Å²) in [5, 5.41) is 0. The van der Waals surface area contributed by atoms with E-state index in [4.69, 9.17) is 4.74 Å². The summed E-state index contributed by atoms with van der Waals surface area (Å²) in [6, 6.07) is 9.39. The van der Waals surface area contributed by atoms with E-state index >= 15 is 0 Å². The molecule has 0 amide bonds. The number of halogens is 4. The number of aryl methyl sites for hydroxylation is 1. The van der Waals surface area contributed by atoms with E-state index in [9.17, 15) is 17.6 Å². The SMILES string of the molecule is CCCCCCCC1CCC(c2ccc(C(F)(F)CCOc3ccc(CC)c(F)c3F)cc2)CC1. The lowest BCUT2D eigenvalue weighted by atomic mass is 9.77. The highest BCUT2D eigenvalue weighted by Gasteiger charge is 2.32. The van der Waals surface area contributed by atoms with E-state index in [0.717, 1.165) is 24.3 Å². The summed E-state index contributed by atoms with van der Waals surface area (Å²) in [5.74, 6) is -4.28. The van der Waals surface area contributed by atoms with Crippen molar-refractivity contribution in [3.05, 3.63) is 64.7 Å². The first-order valence-electron chi connectivity index (χ1n) is 13.4. The molecule has 2 aromatic rings. The Kier molecular flexibility index (Phi) is 10.5. The van der Waals surface area contributed by atoms with E-state index < -0.39 is 30.6 Å². The molecule has 0 aliphatic heterocycles. The van der Waals surface area contributed by atoms with E-state index in [0.29, 0.717) is 12.3 Å². The molecule has 0 atom stereocenters. The molecule has 2 aromatic carbocycles. The fourth-order valence-electron chi connectivity index (χ4n) is 5.21. The van der Waals surface area contributed by atoms with Crippen LogP contribution in [0.2, 0.25) is 0 Å². The number of alkyl halides is 2. The molecule has 0 radical (unpaired) electrons. The molecule has 3 rings (SSSR count). The molecule has 1 aliphatic rings. The van der Waals surface area contributed by atoms with Gasteiger partial charge >= 0.3 is 0 Å². The maximum absolute atomic E-state index is 14.7. The van der Waals surface area contributed by atoms with Crippen LogP contribution in [-0.4, -0.2) is 6.61 Å². The Morgan fingerprint density at radius 1 is 0.829 bits per heavy atom. The second-order valence-corrected chi connectivity index (χ2v) is 10.0. The van der Waals surface area contributed by atoms with E-state index in [-0.39, 0.29) is 16.9 Å². The van der Waals surface area contributed by atoms with Crippen LogP contribution in [0.1, 0.15) is 107 Å². The zero-order chi connectivity index (χ0) is 25.3. The quantitative estimate of drug-likeness (QED) is 0.200. The average molecular weight is 493 g/mol. The van der Waals surface area contributed by atoms with Crippen molar-refractivity contribution in [2.24, 2.45) is 5.92 Å². The van der Waals surface area contributed by atoms with E-state index in [2.05, 4.69) is 6.92 Å². The van der Waals surface area contributed by atoms with Crippen molar-refractivity contribution in [3.63, 3.8) is 0 Å². The van der Waals surface area contributed by atoms with Gasteiger partial charge in [-0.2, -0.15) is 4.39 Å². The van der Waals surface area contributed by atoms with Gasteiger partial charge in [0.05, 0.1) is 6.61 Å². The third-order valence-corrected chi connectivity index (χ3v) is 7.55. The second kappa shape index (κ2) is 13.3. The predicted octanol–water partition coefficient (Wildman–Crippen LogP) is 9.72. The lowest BCUT2D eigenvalue weighted by Crippen LogP contribution is -2.18. The van der Waals surface area contributed by atoms with Crippen molar-refractivity contribution in [3.8, 4) is 5.75 Å². The summed E-state index contributed by atoms with van der Waals surface area (Å²) in [7, 11) is 0. The van der Waals surface area contributed by atoms with Gasteiger partial charge in [-0.05, 0) is 61.1 Å². The third kappa shape index (κ3) is 7.72. The predicted molar refractivity (Wildman–Crippen MR) is 134 cm³/mol. The first-order valence-corrected chi connectivity index (χ1v) is 13.4. The number of rotatable bonds is 13. The van der Waals surface area contributed by atoms with E-state index in [1.54, 1.807) is 6.92 Å². The number of hydrogen-bond acceptors (Lipinski definition) is 1. The number of benzene rings is 2. The Morgan fingerprint density at radius 3 is 2.17 bits per heavy atom. The minimum atomic E-state index is -3.10. The zero-order valence-corrected chi connectivity index (χ0v) is 21.2. The fourth-order valence-corrected chi connectivity index (χ4v) is 5.21. The Labute approximate surface area is 208 Å². The molecular weight excluding hydrogens is 452 g/mol. The van der Waals surface area contributed by atoms with Crippen molar-refractivity contribution < 1.29 is 22.3 Å². The van der Waals surface area contributed by atoms with Gasteiger partial charge in [-0.1, -0.05) is 82.7 Å². The molecule has 0 heterocycles. The van der Waals surface area contributed by atoms with Crippen molar-refractivity contribution in [1.29, 1.82) is 0 Å². The van der Waals surface area contributed by atoms with Gasteiger partial charge in [0, 0.05) is 12.0 Å². The topological polar surface area (TPSA) is 9.23 Å². The molecule has 5 heteroatoms. The Morgan fingerprint density at radius 2 is 1.51 bits per heavy atom. The third-order valence-electron chi connectivity index (χ3n) is 7.55. The molecular formula is C30H40F4O. The maximum Gasteiger partial charge on any atom is 0.276 e. The van der Waals surface area contributed by atoms with Crippen LogP contribution < -0.4 is 4.74 Å². The van der Waals surface area contributed by atoms with Crippen LogP contribution in [0.15, 0.2) is 36.4 Å².